The van der Waals surface area contributed by atoms with Crippen LogP contribution in [0, 0.1) is 12.8 Å². The highest BCUT2D eigenvalue weighted by atomic mass is 16.4. The molecule has 1 aliphatic heterocycles. The van der Waals surface area contributed by atoms with Crippen LogP contribution in [0.25, 0.3) is 0 Å². The maximum Gasteiger partial charge on any atom is 0.339 e. The van der Waals surface area contributed by atoms with Crippen molar-refractivity contribution in [2.45, 2.75) is 32.2 Å². The van der Waals surface area contributed by atoms with Crippen LogP contribution in [-0.4, -0.2) is 46.0 Å². The van der Waals surface area contributed by atoms with Gasteiger partial charge in [0.15, 0.2) is 0 Å². The van der Waals surface area contributed by atoms with Crippen molar-refractivity contribution in [2.75, 3.05) is 18.4 Å². The van der Waals surface area contributed by atoms with Crippen LogP contribution >= 0.6 is 0 Å². The minimum atomic E-state index is -0.993. The summed E-state index contributed by atoms with van der Waals surface area (Å²) in [5.41, 5.74) is 0.938. The summed E-state index contributed by atoms with van der Waals surface area (Å²) in [6.45, 7) is 3.17. The molecule has 1 aromatic rings. The highest BCUT2D eigenvalue weighted by Gasteiger charge is 2.39. The lowest BCUT2D eigenvalue weighted by atomic mass is 10.1. The highest BCUT2D eigenvalue weighted by Crippen LogP contribution is 2.32. The second-order valence-electron chi connectivity index (χ2n) is 5.88. The number of nitrogens with one attached hydrogen (secondary N) is 1. The second kappa shape index (κ2) is 5.35. The van der Waals surface area contributed by atoms with Gasteiger partial charge in [0.1, 0.15) is 11.4 Å². The molecule has 112 valence electrons. The van der Waals surface area contributed by atoms with Gasteiger partial charge in [-0.2, -0.15) is 0 Å². The van der Waals surface area contributed by atoms with Gasteiger partial charge >= 0.3 is 5.97 Å². The average molecular weight is 289 g/mol. The van der Waals surface area contributed by atoms with Crippen LogP contribution in [0.3, 0.4) is 0 Å². The molecule has 2 fully saturated rings. The van der Waals surface area contributed by atoms with Gasteiger partial charge in [-0.1, -0.05) is 0 Å². The van der Waals surface area contributed by atoms with Crippen molar-refractivity contribution in [1.29, 1.82) is 0 Å². The molecule has 1 aromatic heterocycles. The zero-order chi connectivity index (χ0) is 15.0. The van der Waals surface area contributed by atoms with Crippen molar-refractivity contribution < 1.29 is 14.7 Å². The summed E-state index contributed by atoms with van der Waals surface area (Å²) in [6.07, 6.45) is 2.78. The maximum absolute atomic E-state index is 11.9. The smallest absolute Gasteiger partial charge is 0.339 e. The molecule has 2 aliphatic rings. The number of likely N-dealkylation sites (tertiary alicyclic amines) is 1. The number of rotatable bonds is 5. The number of carboxylic acids is 1. The number of nitrogens with zero attached hydrogens (tertiary/aromatic N) is 2. The summed E-state index contributed by atoms with van der Waals surface area (Å²) in [6, 6.07) is 3.69. The van der Waals surface area contributed by atoms with E-state index in [1.54, 1.807) is 12.1 Å². The fourth-order valence-corrected chi connectivity index (χ4v) is 2.79. The first kappa shape index (κ1) is 13.9. The van der Waals surface area contributed by atoms with Crippen molar-refractivity contribution in [2.24, 2.45) is 5.92 Å². The number of pyridine rings is 1. The van der Waals surface area contributed by atoms with Gasteiger partial charge in [0, 0.05) is 37.2 Å². The van der Waals surface area contributed by atoms with E-state index in [0.29, 0.717) is 24.8 Å². The Morgan fingerprint density at radius 2 is 2.24 bits per heavy atom. The summed E-state index contributed by atoms with van der Waals surface area (Å²) in [5.74, 6) is -0.158. The molecule has 6 nitrogen and oxygen atoms in total. The largest absolute Gasteiger partial charge is 0.478 e. The third kappa shape index (κ3) is 2.99. The Morgan fingerprint density at radius 3 is 2.90 bits per heavy atom. The topological polar surface area (TPSA) is 82.5 Å². The fraction of sp³-hybridized carbons (Fsp3) is 0.533. The Hall–Kier alpha value is -2.11. The van der Waals surface area contributed by atoms with E-state index < -0.39 is 5.97 Å². The van der Waals surface area contributed by atoms with Crippen LogP contribution in [0.15, 0.2) is 12.1 Å². The fourth-order valence-electron chi connectivity index (χ4n) is 2.79. The van der Waals surface area contributed by atoms with Gasteiger partial charge in [-0.3, -0.25) is 4.79 Å². The minimum Gasteiger partial charge on any atom is -0.478 e. The van der Waals surface area contributed by atoms with E-state index in [1.807, 2.05) is 11.8 Å². The van der Waals surface area contributed by atoms with Crippen molar-refractivity contribution in [3.05, 3.63) is 23.4 Å². The number of aryl methyl sites for hydroxylation is 1. The number of hydrogen-bond donors (Lipinski definition) is 2. The number of carboxylic acid groups (broad SMARTS) is 1. The zero-order valence-electron chi connectivity index (χ0n) is 12.0. The van der Waals surface area contributed by atoms with E-state index in [2.05, 4.69) is 10.3 Å². The van der Waals surface area contributed by atoms with E-state index in [4.69, 9.17) is 0 Å². The average Bonchev–Trinajstić information content (AvgIpc) is 3.20. The number of amides is 1. The quantitative estimate of drug-likeness (QED) is 0.858. The summed E-state index contributed by atoms with van der Waals surface area (Å²) >= 11 is 0. The van der Waals surface area contributed by atoms with Gasteiger partial charge in [-0.25, -0.2) is 9.78 Å². The number of aromatic carboxylic acids is 1. The van der Waals surface area contributed by atoms with Gasteiger partial charge in [0.2, 0.25) is 5.91 Å². The van der Waals surface area contributed by atoms with Crippen molar-refractivity contribution in [3.63, 3.8) is 0 Å². The van der Waals surface area contributed by atoms with Crippen molar-refractivity contribution in [3.8, 4) is 0 Å². The lowest BCUT2D eigenvalue weighted by molar-refractivity contribution is -0.128. The molecule has 2 heterocycles. The molecule has 21 heavy (non-hydrogen) atoms. The third-order valence-corrected chi connectivity index (χ3v) is 4.05. The van der Waals surface area contributed by atoms with Crippen LogP contribution in [0.4, 0.5) is 5.82 Å². The lowest BCUT2D eigenvalue weighted by Crippen LogP contribution is -2.28. The Kier molecular flexibility index (Phi) is 3.53. The molecule has 1 amide bonds. The molecule has 6 heteroatoms. The standard InChI is InChI=1S/C15H19N3O3/c1-9-2-5-12(15(20)21)14(17-9)16-7-10-6-13(19)18(8-10)11-3-4-11/h2,5,10-11H,3-4,6-8H2,1H3,(H,16,17)(H,20,21). The first-order chi connectivity index (χ1) is 10.0. The predicted molar refractivity (Wildman–Crippen MR) is 77.3 cm³/mol. The molecule has 0 spiro atoms. The number of aromatic nitrogens is 1. The first-order valence-electron chi connectivity index (χ1n) is 7.29. The van der Waals surface area contributed by atoms with Crippen molar-refractivity contribution in [1.82, 2.24) is 9.88 Å². The zero-order valence-corrected chi connectivity index (χ0v) is 12.0. The monoisotopic (exact) mass is 289 g/mol. The van der Waals surface area contributed by atoms with Crippen LogP contribution in [-0.2, 0) is 4.79 Å². The van der Waals surface area contributed by atoms with E-state index in [1.165, 1.54) is 0 Å². The molecule has 0 radical (unpaired) electrons. The molecule has 0 bridgehead atoms. The summed E-state index contributed by atoms with van der Waals surface area (Å²) in [4.78, 5) is 29.3. The Morgan fingerprint density at radius 1 is 1.48 bits per heavy atom. The number of carbonyl (C=O) groups is 2. The van der Waals surface area contributed by atoms with Crippen LogP contribution in [0.1, 0.15) is 35.3 Å². The lowest BCUT2D eigenvalue weighted by Gasteiger charge is -2.16. The molecule has 1 unspecified atom stereocenters. The highest BCUT2D eigenvalue weighted by molar-refractivity contribution is 5.93. The normalized spacial score (nSPS) is 21.7. The summed E-state index contributed by atoms with van der Waals surface area (Å²) < 4.78 is 0. The molecular formula is C15H19N3O3. The Bertz CT molecular complexity index is 584. The third-order valence-electron chi connectivity index (χ3n) is 4.05. The molecule has 1 saturated carbocycles. The molecule has 3 rings (SSSR count). The summed E-state index contributed by atoms with van der Waals surface area (Å²) in [5, 5.41) is 12.3. The first-order valence-corrected chi connectivity index (χ1v) is 7.29. The SMILES string of the molecule is Cc1ccc(C(=O)O)c(NCC2CC(=O)N(C3CC3)C2)n1. The van der Waals surface area contributed by atoms with E-state index in [0.717, 1.165) is 25.1 Å². The molecule has 1 aliphatic carbocycles. The molecular weight excluding hydrogens is 270 g/mol. The summed E-state index contributed by atoms with van der Waals surface area (Å²) in [7, 11) is 0. The number of hydrogen-bond acceptors (Lipinski definition) is 4. The van der Waals surface area contributed by atoms with Gasteiger partial charge in [0.05, 0.1) is 0 Å². The van der Waals surface area contributed by atoms with Crippen molar-refractivity contribution >= 4 is 17.7 Å². The van der Waals surface area contributed by atoms with Gasteiger partial charge in [0.25, 0.3) is 0 Å². The van der Waals surface area contributed by atoms with Crippen LogP contribution in [0.2, 0.25) is 0 Å². The maximum atomic E-state index is 11.9. The van der Waals surface area contributed by atoms with Crippen LogP contribution < -0.4 is 5.32 Å². The van der Waals surface area contributed by atoms with Gasteiger partial charge in [-0.05, 0) is 31.9 Å². The van der Waals surface area contributed by atoms with E-state index in [-0.39, 0.29) is 17.4 Å². The predicted octanol–water partition coefficient (Wildman–Crippen LogP) is 1.51. The van der Waals surface area contributed by atoms with Gasteiger partial charge in [-0.15, -0.1) is 0 Å². The van der Waals surface area contributed by atoms with Crippen LogP contribution in [0.5, 0.6) is 0 Å². The minimum absolute atomic E-state index is 0.170. The molecule has 1 saturated heterocycles. The van der Waals surface area contributed by atoms with E-state index in [9.17, 15) is 14.7 Å². The van der Waals surface area contributed by atoms with E-state index >= 15 is 0 Å². The molecule has 2 N–H and O–H groups in total. The molecule has 1 atom stereocenters. The second-order valence-corrected chi connectivity index (χ2v) is 5.88. The number of anilines is 1. The Labute approximate surface area is 123 Å². The number of carbonyl (C=O) groups excluding carboxylic acids is 1. The molecule has 0 aromatic carbocycles. The van der Waals surface area contributed by atoms with Gasteiger partial charge < -0.3 is 15.3 Å². The Balaban J connectivity index is 1.64.